The van der Waals surface area contributed by atoms with Gasteiger partial charge in [0.15, 0.2) is 0 Å². The largest absolute Gasteiger partial charge is 0.367 e. The maximum atomic E-state index is 13.0. The third kappa shape index (κ3) is 1.71. The van der Waals surface area contributed by atoms with Gasteiger partial charge in [0, 0.05) is 6.54 Å². The van der Waals surface area contributed by atoms with Gasteiger partial charge in [0.25, 0.3) is 0 Å². The molecule has 1 N–H and O–H groups in total. The molecule has 2 aliphatic heterocycles. The van der Waals surface area contributed by atoms with Crippen molar-refractivity contribution in [1.82, 2.24) is 10.2 Å². The van der Waals surface area contributed by atoms with E-state index in [1.807, 2.05) is 4.90 Å². The average molecular weight is 250 g/mol. The van der Waals surface area contributed by atoms with Crippen molar-refractivity contribution in [2.24, 2.45) is 0 Å². The summed E-state index contributed by atoms with van der Waals surface area (Å²) < 4.78 is 18.4. The minimum Gasteiger partial charge on any atom is -0.367 e. The molecule has 0 radical (unpaired) electrons. The van der Waals surface area contributed by atoms with Crippen molar-refractivity contribution in [3.8, 4) is 0 Å². The Labute approximate surface area is 105 Å². The van der Waals surface area contributed by atoms with Gasteiger partial charge in [0.05, 0.1) is 6.61 Å². The zero-order valence-electron chi connectivity index (χ0n) is 9.99. The third-order valence-electron chi connectivity index (χ3n) is 3.60. The Bertz CT molecular complexity index is 459. The van der Waals surface area contributed by atoms with Crippen LogP contribution in [0.3, 0.4) is 0 Å². The first kappa shape index (κ1) is 11.6. The molecule has 0 bridgehead atoms. The second-order valence-electron chi connectivity index (χ2n) is 4.69. The monoisotopic (exact) mass is 250 g/mol. The topological polar surface area (TPSA) is 41.6 Å². The number of morpholine rings is 1. The number of amides is 1. The molecule has 2 fully saturated rings. The second-order valence-corrected chi connectivity index (χ2v) is 4.69. The van der Waals surface area contributed by atoms with Crippen LogP contribution in [0.4, 0.5) is 4.39 Å². The molecule has 0 aliphatic carbocycles. The number of nitrogens with one attached hydrogen (secondary N) is 1. The van der Waals surface area contributed by atoms with E-state index in [1.54, 1.807) is 12.1 Å². The molecule has 1 amide bonds. The number of ether oxygens (including phenoxy) is 1. The minimum absolute atomic E-state index is 0.0159. The van der Waals surface area contributed by atoms with Crippen LogP contribution in [0.5, 0.6) is 0 Å². The molecular weight excluding hydrogens is 235 g/mol. The summed E-state index contributed by atoms with van der Waals surface area (Å²) in [6.07, 6.45) is 0.925. The van der Waals surface area contributed by atoms with Gasteiger partial charge < -0.3 is 9.64 Å². The molecule has 5 heteroatoms. The molecule has 18 heavy (non-hydrogen) atoms. The van der Waals surface area contributed by atoms with Crippen LogP contribution in [0, 0.1) is 5.82 Å². The lowest BCUT2D eigenvalue weighted by atomic mass is 9.94. The first-order valence-corrected chi connectivity index (χ1v) is 6.12. The molecule has 0 saturated carbocycles. The standard InChI is InChI=1S/C13H15FN2O2/c14-11-4-2-10(3-5-11)13-9-18-8-12(17)16(13)7-1-6-15-13/h2-5,15H,1,6-9H2. The Hall–Kier alpha value is -1.46. The number of carbonyl (C=O) groups excluding carboxylic acids is 1. The van der Waals surface area contributed by atoms with Gasteiger partial charge in [0.2, 0.25) is 5.91 Å². The van der Waals surface area contributed by atoms with E-state index >= 15 is 0 Å². The Balaban J connectivity index is 2.03. The van der Waals surface area contributed by atoms with Gasteiger partial charge >= 0.3 is 0 Å². The summed E-state index contributed by atoms with van der Waals surface area (Å²) in [6.45, 7) is 2.08. The number of benzene rings is 1. The molecule has 1 aromatic carbocycles. The number of rotatable bonds is 1. The zero-order valence-corrected chi connectivity index (χ0v) is 9.99. The van der Waals surface area contributed by atoms with E-state index in [4.69, 9.17) is 4.74 Å². The number of halogens is 1. The maximum absolute atomic E-state index is 13.0. The molecule has 0 spiro atoms. The predicted octanol–water partition coefficient (Wildman–Crippen LogP) is 0.831. The summed E-state index contributed by atoms with van der Waals surface area (Å²) in [5, 5.41) is 3.36. The molecule has 2 aliphatic rings. The minimum atomic E-state index is -0.624. The first-order chi connectivity index (χ1) is 8.72. The summed E-state index contributed by atoms with van der Waals surface area (Å²) >= 11 is 0. The lowest BCUT2D eigenvalue weighted by Gasteiger charge is -2.50. The maximum Gasteiger partial charge on any atom is 0.250 e. The van der Waals surface area contributed by atoms with Crippen molar-refractivity contribution in [2.75, 3.05) is 26.3 Å². The smallest absolute Gasteiger partial charge is 0.250 e. The van der Waals surface area contributed by atoms with Gasteiger partial charge in [-0.2, -0.15) is 0 Å². The van der Waals surface area contributed by atoms with Crippen molar-refractivity contribution in [1.29, 1.82) is 0 Å². The SMILES string of the molecule is O=C1COCC2(c3ccc(F)cc3)NCCCN12. The van der Waals surface area contributed by atoms with Crippen molar-refractivity contribution in [3.63, 3.8) is 0 Å². The highest BCUT2D eigenvalue weighted by Crippen LogP contribution is 2.32. The molecule has 96 valence electrons. The third-order valence-corrected chi connectivity index (χ3v) is 3.60. The van der Waals surface area contributed by atoms with E-state index in [1.165, 1.54) is 12.1 Å². The van der Waals surface area contributed by atoms with Crippen LogP contribution in [-0.2, 0) is 15.2 Å². The van der Waals surface area contributed by atoms with E-state index in [-0.39, 0.29) is 18.3 Å². The molecule has 4 nitrogen and oxygen atoms in total. The van der Waals surface area contributed by atoms with E-state index in [2.05, 4.69) is 5.32 Å². The summed E-state index contributed by atoms with van der Waals surface area (Å²) in [7, 11) is 0. The summed E-state index contributed by atoms with van der Waals surface area (Å²) in [5.41, 5.74) is 0.248. The number of hydrogen-bond donors (Lipinski definition) is 1. The normalized spacial score (nSPS) is 28.1. The fourth-order valence-corrected chi connectivity index (χ4v) is 2.72. The van der Waals surface area contributed by atoms with Crippen LogP contribution in [0.1, 0.15) is 12.0 Å². The molecule has 1 unspecified atom stereocenters. The highest BCUT2D eigenvalue weighted by Gasteiger charge is 2.46. The molecule has 1 atom stereocenters. The van der Waals surface area contributed by atoms with Crippen LogP contribution in [-0.4, -0.2) is 37.1 Å². The van der Waals surface area contributed by atoms with Gasteiger partial charge in [-0.05, 0) is 30.7 Å². The Kier molecular flexibility index (Phi) is 2.80. The van der Waals surface area contributed by atoms with E-state index in [0.717, 1.165) is 18.5 Å². The summed E-state index contributed by atoms with van der Waals surface area (Å²) in [5.74, 6) is -0.293. The van der Waals surface area contributed by atoms with Crippen molar-refractivity contribution >= 4 is 5.91 Å². The van der Waals surface area contributed by atoms with Gasteiger partial charge in [-0.25, -0.2) is 4.39 Å². The van der Waals surface area contributed by atoms with Gasteiger partial charge in [-0.3, -0.25) is 10.1 Å². The first-order valence-electron chi connectivity index (χ1n) is 6.12. The molecule has 1 aromatic rings. The molecule has 3 rings (SSSR count). The van der Waals surface area contributed by atoms with E-state index < -0.39 is 5.66 Å². The lowest BCUT2D eigenvalue weighted by Crippen LogP contribution is -2.67. The van der Waals surface area contributed by atoms with Gasteiger partial charge in [-0.1, -0.05) is 12.1 Å². The summed E-state index contributed by atoms with van der Waals surface area (Å²) in [6, 6.07) is 6.25. The highest BCUT2D eigenvalue weighted by atomic mass is 19.1. The molecule has 2 saturated heterocycles. The second kappa shape index (κ2) is 4.33. The van der Waals surface area contributed by atoms with Crippen molar-refractivity contribution in [2.45, 2.75) is 12.1 Å². The van der Waals surface area contributed by atoms with Gasteiger partial charge in [0.1, 0.15) is 18.1 Å². The Morgan fingerprint density at radius 2 is 2.11 bits per heavy atom. The molecular formula is C13H15FN2O2. The quantitative estimate of drug-likeness (QED) is 0.802. The Morgan fingerprint density at radius 1 is 1.33 bits per heavy atom. The van der Waals surface area contributed by atoms with Crippen molar-refractivity contribution in [3.05, 3.63) is 35.6 Å². The zero-order chi connectivity index (χ0) is 12.6. The molecule has 0 aromatic heterocycles. The van der Waals surface area contributed by atoms with E-state index in [0.29, 0.717) is 13.2 Å². The summed E-state index contributed by atoms with van der Waals surface area (Å²) in [4.78, 5) is 13.8. The van der Waals surface area contributed by atoms with Crippen molar-refractivity contribution < 1.29 is 13.9 Å². The van der Waals surface area contributed by atoms with Crippen LogP contribution < -0.4 is 5.32 Å². The number of hydrogen-bond acceptors (Lipinski definition) is 3. The predicted molar refractivity (Wildman–Crippen MR) is 63.2 cm³/mol. The Morgan fingerprint density at radius 3 is 2.89 bits per heavy atom. The van der Waals surface area contributed by atoms with Crippen LogP contribution in [0.25, 0.3) is 0 Å². The van der Waals surface area contributed by atoms with Crippen LogP contribution in [0.2, 0.25) is 0 Å². The fourth-order valence-electron chi connectivity index (χ4n) is 2.72. The molecule has 2 heterocycles. The number of fused-ring (bicyclic) bond motifs is 1. The van der Waals surface area contributed by atoms with E-state index in [9.17, 15) is 9.18 Å². The fraction of sp³-hybridized carbons (Fsp3) is 0.462. The highest BCUT2D eigenvalue weighted by molar-refractivity contribution is 5.79. The number of carbonyl (C=O) groups is 1. The average Bonchev–Trinajstić information content (AvgIpc) is 2.40. The van der Waals surface area contributed by atoms with Gasteiger partial charge in [-0.15, -0.1) is 0 Å². The lowest BCUT2D eigenvalue weighted by molar-refractivity contribution is -0.167. The van der Waals surface area contributed by atoms with Crippen LogP contribution >= 0.6 is 0 Å². The number of nitrogens with zero attached hydrogens (tertiary/aromatic N) is 1. The van der Waals surface area contributed by atoms with Crippen LogP contribution in [0.15, 0.2) is 24.3 Å².